The summed E-state index contributed by atoms with van der Waals surface area (Å²) in [5, 5.41) is 0.517. The maximum Gasteiger partial charge on any atom is 0.147 e. The fraction of sp³-hybridized carbons (Fsp3) is 0.250. The predicted molar refractivity (Wildman–Crippen MR) is 62.7 cm³/mol. The first-order chi connectivity index (χ1) is 7.16. The molecule has 0 N–H and O–H groups in total. The molecule has 0 atom stereocenters. The Morgan fingerprint density at radius 1 is 1.20 bits per heavy atom. The van der Waals surface area contributed by atoms with Crippen molar-refractivity contribution in [3.63, 3.8) is 0 Å². The fourth-order valence-electron chi connectivity index (χ4n) is 1.47. The molecule has 0 fully saturated rings. The van der Waals surface area contributed by atoms with Crippen molar-refractivity contribution >= 4 is 11.6 Å². The summed E-state index contributed by atoms with van der Waals surface area (Å²) >= 11 is 5.76. The Balaban J connectivity index is 2.31. The molecule has 0 unspecified atom stereocenters. The molecule has 1 aromatic heterocycles. The van der Waals surface area contributed by atoms with E-state index >= 15 is 0 Å². The first-order valence-electron chi connectivity index (χ1n) is 4.96. The summed E-state index contributed by atoms with van der Waals surface area (Å²) in [6.45, 7) is 4.37. The molecule has 0 spiro atoms. The van der Waals surface area contributed by atoms with Gasteiger partial charge in [0.1, 0.15) is 11.5 Å². The maximum atomic E-state index is 5.76. The second-order valence-corrected chi connectivity index (χ2v) is 4.24. The average molecular weight is 221 g/mol. The molecule has 0 aliphatic rings. The van der Waals surface area contributed by atoms with E-state index < -0.39 is 0 Å². The van der Waals surface area contributed by atoms with Crippen LogP contribution in [0.2, 0.25) is 5.15 Å². The second kappa shape index (κ2) is 4.07. The van der Waals surface area contributed by atoms with Crippen molar-refractivity contribution in [3.8, 4) is 5.69 Å². The van der Waals surface area contributed by atoms with E-state index in [1.54, 1.807) is 12.5 Å². The van der Waals surface area contributed by atoms with Crippen LogP contribution < -0.4 is 0 Å². The quantitative estimate of drug-likeness (QED) is 0.756. The van der Waals surface area contributed by atoms with Crippen LogP contribution in [0.1, 0.15) is 25.3 Å². The minimum absolute atomic E-state index is 0.517. The monoisotopic (exact) mass is 220 g/mol. The van der Waals surface area contributed by atoms with Crippen molar-refractivity contribution in [2.24, 2.45) is 0 Å². The van der Waals surface area contributed by atoms with Gasteiger partial charge >= 0.3 is 0 Å². The van der Waals surface area contributed by atoms with E-state index in [0.29, 0.717) is 11.1 Å². The van der Waals surface area contributed by atoms with E-state index in [9.17, 15) is 0 Å². The SMILES string of the molecule is CC(C)c1ccc(-n2cnc(Cl)c2)cc1. The Bertz CT molecular complexity index is 443. The second-order valence-electron chi connectivity index (χ2n) is 3.85. The van der Waals surface area contributed by atoms with Crippen LogP contribution in [0, 0.1) is 0 Å². The summed E-state index contributed by atoms with van der Waals surface area (Å²) in [4.78, 5) is 3.98. The summed E-state index contributed by atoms with van der Waals surface area (Å²) in [6.07, 6.45) is 3.51. The highest BCUT2D eigenvalue weighted by molar-refractivity contribution is 6.29. The maximum absolute atomic E-state index is 5.76. The molecular formula is C12H13ClN2. The van der Waals surface area contributed by atoms with Crippen LogP contribution >= 0.6 is 11.6 Å². The third-order valence-corrected chi connectivity index (χ3v) is 2.60. The van der Waals surface area contributed by atoms with Gasteiger partial charge in [-0.3, -0.25) is 0 Å². The number of rotatable bonds is 2. The highest BCUT2D eigenvalue weighted by Gasteiger charge is 2.01. The van der Waals surface area contributed by atoms with Gasteiger partial charge in [0.25, 0.3) is 0 Å². The molecule has 0 bridgehead atoms. The lowest BCUT2D eigenvalue weighted by molar-refractivity contribution is 0.865. The fourth-order valence-corrected chi connectivity index (χ4v) is 1.62. The Morgan fingerprint density at radius 3 is 2.33 bits per heavy atom. The van der Waals surface area contributed by atoms with Gasteiger partial charge in [-0.15, -0.1) is 0 Å². The smallest absolute Gasteiger partial charge is 0.147 e. The van der Waals surface area contributed by atoms with Crippen molar-refractivity contribution in [3.05, 3.63) is 47.5 Å². The minimum Gasteiger partial charge on any atom is -0.305 e. The van der Waals surface area contributed by atoms with E-state index in [0.717, 1.165) is 5.69 Å². The first kappa shape index (κ1) is 10.2. The number of imidazole rings is 1. The summed E-state index contributed by atoms with van der Waals surface area (Å²) in [7, 11) is 0. The van der Waals surface area contributed by atoms with Gasteiger partial charge < -0.3 is 4.57 Å². The van der Waals surface area contributed by atoms with Gasteiger partial charge in [-0.2, -0.15) is 0 Å². The molecule has 3 heteroatoms. The Kier molecular flexibility index (Phi) is 2.78. The standard InChI is InChI=1S/C12H13ClN2/c1-9(2)10-3-5-11(6-4-10)15-7-12(13)14-8-15/h3-9H,1-2H3. The van der Waals surface area contributed by atoms with Crippen molar-refractivity contribution in [2.45, 2.75) is 19.8 Å². The predicted octanol–water partition coefficient (Wildman–Crippen LogP) is 3.65. The van der Waals surface area contributed by atoms with E-state index in [1.165, 1.54) is 5.56 Å². The zero-order chi connectivity index (χ0) is 10.8. The van der Waals surface area contributed by atoms with Crippen LogP contribution in [-0.4, -0.2) is 9.55 Å². The van der Waals surface area contributed by atoms with Crippen molar-refractivity contribution in [1.82, 2.24) is 9.55 Å². The number of halogens is 1. The van der Waals surface area contributed by atoms with Gasteiger partial charge in [-0.05, 0) is 23.6 Å². The van der Waals surface area contributed by atoms with Crippen LogP contribution in [0.4, 0.5) is 0 Å². The van der Waals surface area contributed by atoms with Crippen molar-refractivity contribution < 1.29 is 0 Å². The van der Waals surface area contributed by atoms with Gasteiger partial charge in [0.15, 0.2) is 0 Å². The third kappa shape index (κ3) is 2.21. The number of hydrogen-bond donors (Lipinski definition) is 0. The topological polar surface area (TPSA) is 17.8 Å². The highest BCUT2D eigenvalue weighted by atomic mass is 35.5. The molecule has 78 valence electrons. The largest absolute Gasteiger partial charge is 0.305 e. The normalized spacial score (nSPS) is 10.9. The van der Waals surface area contributed by atoms with Crippen LogP contribution in [0.3, 0.4) is 0 Å². The van der Waals surface area contributed by atoms with Gasteiger partial charge in [-0.1, -0.05) is 37.6 Å². The molecule has 15 heavy (non-hydrogen) atoms. The van der Waals surface area contributed by atoms with Gasteiger partial charge in [-0.25, -0.2) is 4.98 Å². The molecule has 0 aliphatic carbocycles. The first-order valence-corrected chi connectivity index (χ1v) is 5.34. The molecule has 1 heterocycles. The summed E-state index contributed by atoms with van der Waals surface area (Å²) in [5.74, 6) is 0.561. The highest BCUT2D eigenvalue weighted by Crippen LogP contribution is 2.17. The lowest BCUT2D eigenvalue weighted by atomic mass is 10.0. The van der Waals surface area contributed by atoms with Crippen LogP contribution in [0.15, 0.2) is 36.8 Å². The number of nitrogens with zero attached hydrogens (tertiary/aromatic N) is 2. The van der Waals surface area contributed by atoms with E-state index in [4.69, 9.17) is 11.6 Å². The van der Waals surface area contributed by atoms with Crippen LogP contribution in [0.25, 0.3) is 5.69 Å². The summed E-state index contributed by atoms with van der Waals surface area (Å²) in [5.41, 5.74) is 2.42. The molecule has 1 aromatic carbocycles. The molecule has 0 saturated carbocycles. The lowest BCUT2D eigenvalue weighted by Gasteiger charge is -2.06. The minimum atomic E-state index is 0.517. The average Bonchev–Trinajstić information content (AvgIpc) is 2.65. The number of benzene rings is 1. The molecule has 0 saturated heterocycles. The molecule has 2 aromatic rings. The lowest BCUT2D eigenvalue weighted by Crippen LogP contribution is -1.91. The van der Waals surface area contributed by atoms with E-state index in [1.807, 2.05) is 4.57 Å². The molecular weight excluding hydrogens is 208 g/mol. The Hall–Kier alpha value is -1.28. The van der Waals surface area contributed by atoms with Crippen LogP contribution in [0.5, 0.6) is 0 Å². The van der Waals surface area contributed by atoms with Gasteiger partial charge in [0.2, 0.25) is 0 Å². The van der Waals surface area contributed by atoms with Crippen molar-refractivity contribution in [1.29, 1.82) is 0 Å². The molecule has 0 radical (unpaired) electrons. The molecule has 0 aliphatic heterocycles. The van der Waals surface area contributed by atoms with E-state index in [2.05, 4.69) is 43.1 Å². The molecule has 2 nitrogen and oxygen atoms in total. The Labute approximate surface area is 94.5 Å². The Morgan fingerprint density at radius 2 is 1.87 bits per heavy atom. The van der Waals surface area contributed by atoms with Gasteiger partial charge in [0.05, 0.1) is 0 Å². The third-order valence-electron chi connectivity index (χ3n) is 2.41. The zero-order valence-electron chi connectivity index (χ0n) is 8.81. The number of hydrogen-bond acceptors (Lipinski definition) is 1. The zero-order valence-corrected chi connectivity index (χ0v) is 9.57. The van der Waals surface area contributed by atoms with Crippen molar-refractivity contribution in [2.75, 3.05) is 0 Å². The van der Waals surface area contributed by atoms with E-state index in [-0.39, 0.29) is 0 Å². The van der Waals surface area contributed by atoms with Gasteiger partial charge in [0, 0.05) is 11.9 Å². The van der Waals surface area contributed by atoms with Crippen LogP contribution in [-0.2, 0) is 0 Å². The molecule has 2 rings (SSSR count). The summed E-state index contributed by atoms with van der Waals surface area (Å²) < 4.78 is 1.91. The molecule has 0 amide bonds. The number of aromatic nitrogens is 2. The summed E-state index contributed by atoms with van der Waals surface area (Å²) in [6, 6.07) is 8.42.